The van der Waals surface area contributed by atoms with E-state index in [0.717, 1.165) is 6.42 Å². The van der Waals surface area contributed by atoms with Crippen molar-refractivity contribution >= 4 is 11.6 Å². The van der Waals surface area contributed by atoms with Gasteiger partial charge >= 0.3 is 0 Å². The van der Waals surface area contributed by atoms with Gasteiger partial charge in [-0.3, -0.25) is 0 Å². The molecular formula is C13H19ClFN. The average Bonchev–Trinajstić information content (AvgIpc) is 2.21. The lowest BCUT2D eigenvalue weighted by Crippen LogP contribution is -2.19. The molecule has 0 aliphatic heterocycles. The second kappa shape index (κ2) is 6.21. The Kier molecular flexibility index (Phi) is 5.23. The maximum Gasteiger partial charge on any atom is 0.127 e. The van der Waals surface area contributed by atoms with Crippen LogP contribution in [0.15, 0.2) is 18.2 Å². The third-order valence-electron chi connectivity index (χ3n) is 2.69. The summed E-state index contributed by atoms with van der Waals surface area (Å²) in [6.45, 7) is 4.86. The molecule has 90 valence electrons. The average molecular weight is 244 g/mol. The smallest absolute Gasteiger partial charge is 0.127 e. The summed E-state index contributed by atoms with van der Waals surface area (Å²) < 4.78 is 13.6. The van der Waals surface area contributed by atoms with Crippen LogP contribution in [0.1, 0.15) is 25.8 Å². The van der Waals surface area contributed by atoms with Crippen molar-refractivity contribution in [3.63, 3.8) is 0 Å². The van der Waals surface area contributed by atoms with E-state index < -0.39 is 0 Å². The molecule has 1 unspecified atom stereocenters. The maximum atomic E-state index is 13.6. The summed E-state index contributed by atoms with van der Waals surface area (Å²) in [7, 11) is 0. The van der Waals surface area contributed by atoms with Gasteiger partial charge in [-0.15, -0.1) is 0 Å². The van der Waals surface area contributed by atoms with Gasteiger partial charge in [0.05, 0.1) is 0 Å². The Hall–Kier alpha value is -0.600. The van der Waals surface area contributed by atoms with Crippen LogP contribution in [-0.4, -0.2) is 6.54 Å². The van der Waals surface area contributed by atoms with Crippen molar-refractivity contribution in [1.29, 1.82) is 0 Å². The van der Waals surface area contributed by atoms with Gasteiger partial charge in [0.15, 0.2) is 0 Å². The van der Waals surface area contributed by atoms with Gasteiger partial charge in [-0.1, -0.05) is 31.5 Å². The molecule has 0 fully saturated rings. The van der Waals surface area contributed by atoms with Crippen LogP contribution in [-0.2, 0) is 6.42 Å². The van der Waals surface area contributed by atoms with Gasteiger partial charge in [0, 0.05) is 10.6 Å². The lowest BCUT2D eigenvalue weighted by atomic mass is 9.91. The van der Waals surface area contributed by atoms with E-state index in [4.69, 9.17) is 17.3 Å². The van der Waals surface area contributed by atoms with Crippen LogP contribution >= 0.6 is 11.6 Å². The highest BCUT2D eigenvalue weighted by Crippen LogP contribution is 2.24. The van der Waals surface area contributed by atoms with Gasteiger partial charge in [-0.25, -0.2) is 4.39 Å². The van der Waals surface area contributed by atoms with Crippen LogP contribution in [0.4, 0.5) is 4.39 Å². The molecule has 0 saturated carbocycles. The summed E-state index contributed by atoms with van der Waals surface area (Å²) in [6, 6.07) is 4.80. The van der Waals surface area contributed by atoms with Gasteiger partial charge in [-0.2, -0.15) is 0 Å². The van der Waals surface area contributed by atoms with Crippen molar-refractivity contribution in [3.8, 4) is 0 Å². The molecule has 0 aliphatic rings. The van der Waals surface area contributed by atoms with Gasteiger partial charge < -0.3 is 5.73 Å². The third-order valence-corrected chi connectivity index (χ3v) is 3.05. The summed E-state index contributed by atoms with van der Waals surface area (Å²) in [5.41, 5.74) is 6.30. The first-order chi connectivity index (χ1) is 7.54. The molecule has 1 atom stereocenters. The van der Waals surface area contributed by atoms with Crippen LogP contribution in [0.5, 0.6) is 0 Å². The van der Waals surface area contributed by atoms with E-state index in [0.29, 0.717) is 35.4 Å². The molecule has 0 aromatic heterocycles. The van der Waals surface area contributed by atoms with Gasteiger partial charge in [0.1, 0.15) is 5.82 Å². The zero-order valence-electron chi connectivity index (χ0n) is 9.84. The summed E-state index contributed by atoms with van der Waals surface area (Å²) in [6.07, 6.45) is 1.63. The predicted molar refractivity (Wildman–Crippen MR) is 67.1 cm³/mol. The Bertz CT molecular complexity index is 318. The van der Waals surface area contributed by atoms with E-state index >= 15 is 0 Å². The minimum Gasteiger partial charge on any atom is -0.330 e. The zero-order chi connectivity index (χ0) is 12.1. The van der Waals surface area contributed by atoms with E-state index in [2.05, 4.69) is 13.8 Å². The number of hydrogen-bond acceptors (Lipinski definition) is 1. The minimum absolute atomic E-state index is 0.227. The van der Waals surface area contributed by atoms with E-state index in [9.17, 15) is 4.39 Å². The lowest BCUT2D eigenvalue weighted by Gasteiger charge is -2.18. The van der Waals surface area contributed by atoms with Crippen LogP contribution in [0, 0.1) is 17.7 Å². The fourth-order valence-corrected chi connectivity index (χ4v) is 2.19. The lowest BCUT2D eigenvalue weighted by molar-refractivity contribution is 0.409. The predicted octanol–water partition coefficient (Wildman–Crippen LogP) is 3.64. The Morgan fingerprint density at radius 3 is 2.56 bits per heavy atom. The van der Waals surface area contributed by atoms with E-state index in [1.807, 2.05) is 0 Å². The van der Waals surface area contributed by atoms with Crippen LogP contribution in [0.3, 0.4) is 0 Å². The first-order valence-corrected chi connectivity index (χ1v) is 6.05. The Balaban J connectivity index is 2.77. The Morgan fingerprint density at radius 1 is 1.38 bits per heavy atom. The van der Waals surface area contributed by atoms with Crippen molar-refractivity contribution in [3.05, 3.63) is 34.6 Å². The Morgan fingerprint density at radius 2 is 2.06 bits per heavy atom. The number of hydrogen-bond donors (Lipinski definition) is 1. The maximum absolute atomic E-state index is 13.6. The molecule has 0 saturated heterocycles. The molecule has 3 heteroatoms. The number of nitrogens with two attached hydrogens (primary N) is 1. The summed E-state index contributed by atoms with van der Waals surface area (Å²) in [4.78, 5) is 0. The van der Waals surface area contributed by atoms with Crippen molar-refractivity contribution < 1.29 is 4.39 Å². The highest BCUT2D eigenvalue weighted by atomic mass is 35.5. The molecule has 0 radical (unpaired) electrons. The van der Waals surface area contributed by atoms with Crippen LogP contribution < -0.4 is 5.73 Å². The molecule has 0 bridgehead atoms. The summed E-state index contributed by atoms with van der Waals surface area (Å²) in [5, 5.41) is 0.502. The van der Waals surface area contributed by atoms with Crippen molar-refractivity contribution in [2.45, 2.75) is 26.7 Å². The van der Waals surface area contributed by atoms with Crippen molar-refractivity contribution in [2.75, 3.05) is 6.54 Å². The second-order valence-electron chi connectivity index (χ2n) is 4.64. The summed E-state index contributed by atoms with van der Waals surface area (Å²) >= 11 is 5.99. The molecule has 2 N–H and O–H groups in total. The molecule has 1 rings (SSSR count). The van der Waals surface area contributed by atoms with E-state index in [1.54, 1.807) is 12.1 Å². The molecule has 0 amide bonds. The van der Waals surface area contributed by atoms with Crippen LogP contribution in [0.2, 0.25) is 5.02 Å². The first kappa shape index (κ1) is 13.5. The highest BCUT2D eigenvalue weighted by molar-refractivity contribution is 6.31. The normalized spacial score (nSPS) is 13.1. The minimum atomic E-state index is -0.227. The second-order valence-corrected chi connectivity index (χ2v) is 5.04. The standard InChI is InChI=1S/C13H19ClFN/c1-9(2)6-10(8-16)7-11-12(14)4-3-5-13(11)15/h3-5,9-10H,6-8,16H2,1-2H3. The largest absolute Gasteiger partial charge is 0.330 e. The molecule has 16 heavy (non-hydrogen) atoms. The molecule has 1 aromatic carbocycles. The molecule has 0 spiro atoms. The number of rotatable bonds is 5. The third kappa shape index (κ3) is 3.76. The topological polar surface area (TPSA) is 26.0 Å². The highest BCUT2D eigenvalue weighted by Gasteiger charge is 2.14. The van der Waals surface area contributed by atoms with Gasteiger partial charge in [0.2, 0.25) is 0 Å². The first-order valence-electron chi connectivity index (χ1n) is 5.67. The Labute approximate surface area is 102 Å². The molecule has 0 heterocycles. The monoisotopic (exact) mass is 243 g/mol. The van der Waals surface area contributed by atoms with Crippen molar-refractivity contribution in [2.24, 2.45) is 17.6 Å². The molecule has 0 aliphatic carbocycles. The molecule has 1 aromatic rings. The fourth-order valence-electron chi connectivity index (χ4n) is 1.95. The quantitative estimate of drug-likeness (QED) is 0.840. The number of benzene rings is 1. The van der Waals surface area contributed by atoms with Crippen molar-refractivity contribution in [1.82, 2.24) is 0 Å². The molecule has 1 nitrogen and oxygen atoms in total. The van der Waals surface area contributed by atoms with E-state index in [1.165, 1.54) is 6.07 Å². The fraction of sp³-hybridized carbons (Fsp3) is 0.538. The van der Waals surface area contributed by atoms with Gasteiger partial charge in [-0.05, 0) is 43.4 Å². The van der Waals surface area contributed by atoms with E-state index in [-0.39, 0.29) is 5.82 Å². The summed E-state index contributed by atoms with van der Waals surface area (Å²) in [5.74, 6) is 0.642. The zero-order valence-corrected chi connectivity index (χ0v) is 10.6. The van der Waals surface area contributed by atoms with Gasteiger partial charge in [0.25, 0.3) is 0 Å². The molecular weight excluding hydrogens is 225 g/mol. The number of halogens is 2. The van der Waals surface area contributed by atoms with Crippen LogP contribution in [0.25, 0.3) is 0 Å². The SMILES string of the molecule is CC(C)CC(CN)Cc1c(F)cccc1Cl.